The summed E-state index contributed by atoms with van der Waals surface area (Å²) in [5.74, 6) is 2.75. The SMILES string of the molecule is Cc1ccc(CNc2cnc[nH]2)o1. The van der Waals surface area contributed by atoms with Crippen LogP contribution in [0.3, 0.4) is 0 Å². The highest BCUT2D eigenvalue weighted by atomic mass is 16.3. The number of rotatable bonds is 3. The predicted molar refractivity (Wildman–Crippen MR) is 49.4 cm³/mol. The van der Waals surface area contributed by atoms with Crippen molar-refractivity contribution in [3.05, 3.63) is 36.2 Å². The van der Waals surface area contributed by atoms with Crippen LogP contribution in [0, 0.1) is 6.92 Å². The average molecular weight is 177 g/mol. The van der Waals surface area contributed by atoms with Gasteiger partial charge in [0.1, 0.15) is 17.3 Å². The molecular weight excluding hydrogens is 166 g/mol. The molecule has 0 unspecified atom stereocenters. The van der Waals surface area contributed by atoms with Gasteiger partial charge in [-0.25, -0.2) is 4.98 Å². The van der Waals surface area contributed by atoms with E-state index in [1.165, 1.54) is 0 Å². The minimum atomic E-state index is 0.677. The molecule has 0 radical (unpaired) electrons. The third-order valence-electron chi connectivity index (χ3n) is 1.75. The van der Waals surface area contributed by atoms with Gasteiger partial charge in [0.25, 0.3) is 0 Å². The monoisotopic (exact) mass is 177 g/mol. The average Bonchev–Trinajstić information content (AvgIpc) is 2.71. The number of H-pyrrole nitrogens is 1. The molecule has 0 aliphatic rings. The molecule has 0 fully saturated rings. The van der Waals surface area contributed by atoms with Gasteiger partial charge in [-0.1, -0.05) is 0 Å². The Kier molecular flexibility index (Phi) is 2.04. The second-order valence-electron chi connectivity index (χ2n) is 2.83. The summed E-state index contributed by atoms with van der Waals surface area (Å²) in [5, 5.41) is 3.14. The summed E-state index contributed by atoms with van der Waals surface area (Å²) in [4.78, 5) is 6.84. The third kappa shape index (κ3) is 1.90. The van der Waals surface area contributed by atoms with Gasteiger partial charge >= 0.3 is 0 Å². The van der Waals surface area contributed by atoms with Gasteiger partial charge in [0.15, 0.2) is 0 Å². The molecule has 2 aromatic heterocycles. The van der Waals surface area contributed by atoms with Gasteiger partial charge < -0.3 is 14.7 Å². The maximum absolute atomic E-state index is 5.38. The molecule has 0 aliphatic carbocycles. The van der Waals surface area contributed by atoms with Crippen molar-refractivity contribution < 1.29 is 4.42 Å². The maximum atomic E-state index is 5.38. The van der Waals surface area contributed by atoms with E-state index in [-0.39, 0.29) is 0 Å². The van der Waals surface area contributed by atoms with Gasteiger partial charge in [-0.3, -0.25) is 0 Å². The zero-order valence-corrected chi connectivity index (χ0v) is 7.37. The molecule has 0 amide bonds. The Balaban J connectivity index is 1.93. The molecule has 68 valence electrons. The molecule has 0 atom stereocenters. The van der Waals surface area contributed by atoms with E-state index in [0.29, 0.717) is 6.54 Å². The number of hydrogen-bond acceptors (Lipinski definition) is 3. The third-order valence-corrected chi connectivity index (χ3v) is 1.75. The number of aromatic nitrogens is 2. The highest BCUT2D eigenvalue weighted by Crippen LogP contribution is 2.08. The lowest BCUT2D eigenvalue weighted by Gasteiger charge is -1.98. The van der Waals surface area contributed by atoms with Crippen LogP contribution in [0.5, 0.6) is 0 Å². The zero-order valence-electron chi connectivity index (χ0n) is 7.37. The van der Waals surface area contributed by atoms with Gasteiger partial charge in [0.05, 0.1) is 19.1 Å². The van der Waals surface area contributed by atoms with Gasteiger partial charge in [-0.2, -0.15) is 0 Å². The van der Waals surface area contributed by atoms with E-state index in [0.717, 1.165) is 17.3 Å². The number of imidazole rings is 1. The van der Waals surface area contributed by atoms with Crippen molar-refractivity contribution >= 4 is 5.82 Å². The van der Waals surface area contributed by atoms with Gasteiger partial charge in [-0.15, -0.1) is 0 Å². The molecule has 0 aliphatic heterocycles. The van der Waals surface area contributed by atoms with E-state index in [2.05, 4.69) is 15.3 Å². The number of aryl methyl sites for hydroxylation is 1. The summed E-state index contributed by atoms with van der Waals surface area (Å²) in [7, 11) is 0. The van der Waals surface area contributed by atoms with Gasteiger partial charge in [0.2, 0.25) is 0 Å². The van der Waals surface area contributed by atoms with Crippen LogP contribution in [0.4, 0.5) is 5.82 Å². The second kappa shape index (κ2) is 3.35. The lowest BCUT2D eigenvalue weighted by atomic mass is 10.4. The van der Waals surface area contributed by atoms with E-state index >= 15 is 0 Å². The smallest absolute Gasteiger partial charge is 0.123 e. The summed E-state index contributed by atoms with van der Waals surface area (Å²) in [6.45, 7) is 2.61. The number of aromatic amines is 1. The molecular formula is C9H11N3O. The Hall–Kier alpha value is -1.71. The van der Waals surface area contributed by atoms with Gasteiger partial charge in [-0.05, 0) is 19.1 Å². The Bertz CT molecular complexity index is 364. The topological polar surface area (TPSA) is 53.9 Å². The summed E-state index contributed by atoms with van der Waals surface area (Å²) in [6, 6.07) is 3.91. The predicted octanol–water partition coefficient (Wildman–Crippen LogP) is 1.92. The first-order valence-corrected chi connectivity index (χ1v) is 4.12. The molecule has 2 aromatic rings. The van der Waals surface area contributed by atoms with Crippen molar-refractivity contribution in [2.75, 3.05) is 5.32 Å². The molecule has 0 saturated heterocycles. The van der Waals surface area contributed by atoms with Crippen LogP contribution in [0.25, 0.3) is 0 Å². The summed E-state index contributed by atoms with van der Waals surface area (Å²) < 4.78 is 5.38. The van der Waals surface area contributed by atoms with E-state index in [1.807, 2.05) is 19.1 Å². The zero-order chi connectivity index (χ0) is 9.10. The minimum Gasteiger partial charge on any atom is -0.465 e. The van der Waals surface area contributed by atoms with Gasteiger partial charge in [0, 0.05) is 0 Å². The minimum absolute atomic E-state index is 0.677. The molecule has 0 bridgehead atoms. The molecule has 0 saturated carbocycles. The summed E-state index contributed by atoms with van der Waals surface area (Å²) >= 11 is 0. The first-order valence-electron chi connectivity index (χ1n) is 4.12. The van der Waals surface area contributed by atoms with E-state index in [9.17, 15) is 0 Å². The molecule has 4 nitrogen and oxygen atoms in total. The quantitative estimate of drug-likeness (QED) is 0.753. The number of anilines is 1. The number of nitrogens with one attached hydrogen (secondary N) is 2. The van der Waals surface area contributed by atoms with Crippen molar-refractivity contribution in [3.63, 3.8) is 0 Å². The fourth-order valence-corrected chi connectivity index (χ4v) is 1.12. The van der Waals surface area contributed by atoms with E-state index in [4.69, 9.17) is 4.42 Å². The van der Waals surface area contributed by atoms with Crippen LogP contribution in [0.1, 0.15) is 11.5 Å². The largest absolute Gasteiger partial charge is 0.465 e. The highest BCUT2D eigenvalue weighted by molar-refractivity contribution is 5.30. The fourth-order valence-electron chi connectivity index (χ4n) is 1.12. The highest BCUT2D eigenvalue weighted by Gasteiger charge is 1.98. The number of furan rings is 1. The van der Waals surface area contributed by atoms with Crippen molar-refractivity contribution in [1.82, 2.24) is 9.97 Å². The lowest BCUT2D eigenvalue weighted by molar-refractivity contribution is 0.490. The Morgan fingerprint density at radius 2 is 2.46 bits per heavy atom. The van der Waals surface area contributed by atoms with Crippen molar-refractivity contribution in [3.8, 4) is 0 Å². The molecule has 13 heavy (non-hydrogen) atoms. The second-order valence-corrected chi connectivity index (χ2v) is 2.83. The standard InChI is InChI=1S/C9H11N3O/c1-7-2-3-8(13-7)4-11-9-5-10-6-12-9/h2-3,5-6,11H,4H2,1H3,(H,10,12). The molecule has 4 heteroatoms. The maximum Gasteiger partial charge on any atom is 0.123 e. The Morgan fingerprint density at radius 3 is 3.08 bits per heavy atom. The molecule has 0 spiro atoms. The van der Waals surface area contributed by atoms with Crippen LogP contribution in [0.15, 0.2) is 29.1 Å². The van der Waals surface area contributed by atoms with E-state index in [1.54, 1.807) is 12.5 Å². The number of nitrogens with zero attached hydrogens (tertiary/aromatic N) is 1. The first kappa shape index (κ1) is 7.91. The van der Waals surface area contributed by atoms with Crippen LogP contribution in [-0.4, -0.2) is 9.97 Å². The number of hydrogen-bond donors (Lipinski definition) is 2. The van der Waals surface area contributed by atoms with Crippen LogP contribution in [-0.2, 0) is 6.54 Å². The van der Waals surface area contributed by atoms with Crippen molar-refractivity contribution in [1.29, 1.82) is 0 Å². The van der Waals surface area contributed by atoms with Crippen LogP contribution < -0.4 is 5.32 Å². The molecule has 2 rings (SSSR count). The van der Waals surface area contributed by atoms with Crippen molar-refractivity contribution in [2.45, 2.75) is 13.5 Å². The van der Waals surface area contributed by atoms with E-state index < -0.39 is 0 Å². The Labute approximate surface area is 76.0 Å². The summed E-state index contributed by atoms with van der Waals surface area (Å²) in [6.07, 6.45) is 3.37. The fraction of sp³-hybridized carbons (Fsp3) is 0.222. The van der Waals surface area contributed by atoms with Crippen LogP contribution in [0.2, 0.25) is 0 Å². The Morgan fingerprint density at radius 1 is 1.54 bits per heavy atom. The first-order chi connectivity index (χ1) is 6.34. The van der Waals surface area contributed by atoms with Crippen LogP contribution >= 0.6 is 0 Å². The normalized spacial score (nSPS) is 10.2. The summed E-state index contributed by atoms with van der Waals surface area (Å²) in [5.41, 5.74) is 0. The molecule has 2 N–H and O–H groups in total. The molecule has 0 aromatic carbocycles. The van der Waals surface area contributed by atoms with Crippen molar-refractivity contribution in [2.24, 2.45) is 0 Å². The molecule has 2 heterocycles. The lowest BCUT2D eigenvalue weighted by Crippen LogP contribution is -1.97.